The summed E-state index contributed by atoms with van der Waals surface area (Å²) < 4.78 is 2.01. The maximum atomic E-state index is 12.5. The predicted octanol–water partition coefficient (Wildman–Crippen LogP) is 1.34. The van der Waals surface area contributed by atoms with Crippen molar-refractivity contribution < 1.29 is 4.79 Å². The quantitative estimate of drug-likeness (QED) is 0.910. The Morgan fingerprint density at radius 1 is 1.33 bits per heavy atom. The van der Waals surface area contributed by atoms with Crippen LogP contribution in [0.15, 0.2) is 12.4 Å². The molecule has 3 heterocycles. The van der Waals surface area contributed by atoms with Gasteiger partial charge in [-0.3, -0.25) is 9.69 Å². The molecule has 2 saturated heterocycles. The first-order valence-corrected chi connectivity index (χ1v) is 8.23. The van der Waals surface area contributed by atoms with Crippen LogP contribution in [0.1, 0.15) is 37.9 Å². The van der Waals surface area contributed by atoms with E-state index in [1.54, 1.807) is 6.20 Å². The van der Waals surface area contributed by atoms with E-state index >= 15 is 0 Å². The van der Waals surface area contributed by atoms with Crippen LogP contribution in [-0.4, -0.2) is 46.0 Å². The summed E-state index contributed by atoms with van der Waals surface area (Å²) in [6.07, 6.45) is 10.5. The fraction of sp³-hybridized carbons (Fsp3) is 0.750. The average Bonchev–Trinajstić information content (AvgIpc) is 2.92. The Balaban J connectivity index is 1.51. The van der Waals surface area contributed by atoms with Gasteiger partial charge in [0.15, 0.2) is 0 Å². The van der Waals surface area contributed by atoms with Gasteiger partial charge in [0.2, 0.25) is 5.91 Å². The van der Waals surface area contributed by atoms with Crippen LogP contribution >= 0.6 is 0 Å². The van der Waals surface area contributed by atoms with Gasteiger partial charge < -0.3 is 9.88 Å². The summed E-state index contributed by atoms with van der Waals surface area (Å²) in [5.41, 5.74) is 0. The van der Waals surface area contributed by atoms with Gasteiger partial charge in [-0.25, -0.2) is 4.98 Å². The molecule has 2 aliphatic heterocycles. The fourth-order valence-electron chi connectivity index (χ4n) is 3.83. The molecule has 5 nitrogen and oxygen atoms in total. The number of aryl methyl sites for hydroxylation is 1. The molecule has 1 amide bonds. The van der Waals surface area contributed by atoms with Crippen LogP contribution in [0, 0.1) is 5.92 Å². The number of rotatable bonds is 4. The van der Waals surface area contributed by atoms with E-state index in [0.717, 1.165) is 25.1 Å². The Bertz CT molecular complexity index is 482. The smallest absolute Gasteiger partial charge is 0.224 e. The topological polar surface area (TPSA) is 50.2 Å². The number of carbonyl (C=O) groups excluding carboxylic acids is 1. The lowest BCUT2D eigenvalue weighted by Crippen LogP contribution is -2.52. The molecule has 0 aromatic carbocycles. The van der Waals surface area contributed by atoms with Crippen LogP contribution < -0.4 is 5.32 Å². The highest BCUT2D eigenvalue weighted by Gasteiger charge is 2.36. The first-order chi connectivity index (χ1) is 10.3. The van der Waals surface area contributed by atoms with Crippen molar-refractivity contribution in [2.24, 2.45) is 13.0 Å². The minimum Gasteiger partial charge on any atom is -0.355 e. The zero-order valence-electron chi connectivity index (χ0n) is 12.9. The molecule has 0 bridgehead atoms. The van der Waals surface area contributed by atoms with Gasteiger partial charge in [0.1, 0.15) is 5.82 Å². The second-order valence-corrected chi connectivity index (χ2v) is 6.34. The second kappa shape index (κ2) is 6.60. The van der Waals surface area contributed by atoms with Crippen molar-refractivity contribution in [3.63, 3.8) is 0 Å². The van der Waals surface area contributed by atoms with Gasteiger partial charge in [-0.15, -0.1) is 0 Å². The van der Waals surface area contributed by atoms with E-state index in [9.17, 15) is 4.79 Å². The summed E-state index contributed by atoms with van der Waals surface area (Å²) in [4.78, 5) is 19.3. The first kappa shape index (κ1) is 14.6. The third-order valence-electron chi connectivity index (χ3n) is 4.99. The molecule has 5 heteroatoms. The molecular formula is C16H26N4O. The molecule has 0 spiro atoms. The standard InChI is InChI=1S/C16H26N4O/c1-19-12-9-17-15(19)7-8-18-16(21)13-5-4-11-20-10-3-2-6-14(13)20/h9,12-14H,2-8,10-11H2,1H3,(H,18,21)/t13-,14-/m1/s1. The van der Waals surface area contributed by atoms with Gasteiger partial charge in [-0.1, -0.05) is 6.42 Å². The number of piperidine rings is 2. The van der Waals surface area contributed by atoms with Gasteiger partial charge in [0.25, 0.3) is 0 Å². The molecule has 0 unspecified atom stereocenters. The van der Waals surface area contributed by atoms with Crippen molar-refractivity contribution in [2.75, 3.05) is 19.6 Å². The van der Waals surface area contributed by atoms with E-state index in [1.165, 1.54) is 32.4 Å². The van der Waals surface area contributed by atoms with Gasteiger partial charge in [0.05, 0.1) is 5.92 Å². The first-order valence-electron chi connectivity index (χ1n) is 8.23. The number of hydrogen-bond acceptors (Lipinski definition) is 3. The number of hydrogen-bond donors (Lipinski definition) is 1. The molecule has 0 radical (unpaired) electrons. The Labute approximate surface area is 126 Å². The average molecular weight is 290 g/mol. The summed E-state index contributed by atoms with van der Waals surface area (Å²) >= 11 is 0. The molecule has 1 aromatic heterocycles. The van der Waals surface area contributed by atoms with Crippen molar-refractivity contribution in [2.45, 2.75) is 44.6 Å². The Morgan fingerprint density at radius 3 is 3.00 bits per heavy atom. The van der Waals surface area contributed by atoms with Crippen LogP contribution in [0.4, 0.5) is 0 Å². The van der Waals surface area contributed by atoms with Crippen LogP contribution in [0.2, 0.25) is 0 Å². The maximum Gasteiger partial charge on any atom is 0.224 e. The molecule has 21 heavy (non-hydrogen) atoms. The minimum absolute atomic E-state index is 0.195. The monoisotopic (exact) mass is 290 g/mol. The molecule has 1 N–H and O–H groups in total. The lowest BCUT2D eigenvalue weighted by atomic mass is 9.83. The van der Waals surface area contributed by atoms with Crippen molar-refractivity contribution in [3.8, 4) is 0 Å². The summed E-state index contributed by atoms with van der Waals surface area (Å²) in [6, 6.07) is 0.487. The zero-order valence-corrected chi connectivity index (χ0v) is 12.9. The van der Waals surface area contributed by atoms with Crippen LogP contribution in [0.3, 0.4) is 0 Å². The lowest BCUT2D eigenvalue weighted by molar-refractivity contribution is -0.129. The summed E-state index contributed by atoms with van der Waals surface area (Å²) in [7, 11) is 1.99. The number of amides is 1. The molecule has 116 valence electrons. The highest BCUT2D eigenvalue weighted by Crippen LogP contribution is 2.30. The number of imidazole rings is 1. The second-order valence-electron chi connectivity index (χ2n) is 6.34. The maximum absolute atomic E-state index is 12.5. The summed E-state index contributed by atoms with van der Waals surface area (Å²) in [5, 5.41) is 3.13. The predicted molar refractivity (Wildman–Crippen MR) is 81.9 cm³/mol. The summed E-state index contributed by atoms with van der Waals surface area (Å²) in [5.74, 6) is 1.47. The lowest BCUT2D eigenvalue weighted by Gasteiger charge is -2.43. The minimum atomic E-state index is 0.195. The van der Waals surface area contributed by atoms with Crippen molar-refractivity contribution in [1.29, 1.82) is 0 Å². The van der Waals surface area contributed by atoms with E-state index in [-0.39, 0.29) is 11.8 Å². The molecule has 1 aromatic rings. The highest BCUT2D eigenvalue weighted by molar-refractivity contribution is 5.79. The normalized spacial score (nSPS) is 26.3. The molecular weight excluding hydrogens is 264 g/mol. The fourth-order valence-corrected chi connectivity index (χ4v) is 3.83. The van der Waals surface area contributed by atoms with E-state index < -0.39 is 0 Å². The van der Waals surface area contributed by atoms with E-state index in [1.807, 2.05) is 17.8 Å². The van der Waals surface area contributed by atoms with Gasteiger partial charge in [-0.05, 0) is 38.8 Å². The number of fused-ring (bicyclic) bond motifs is 1. The molecule has 0 aliphatic carbocycles. The van der Waals surface area contributed by atoms with E-state index in [2.05, 4.69) is 15.2 Å². The Hall–Kier alpha value is -1.36. The van der Waals surface area contributed by atoms with Crippen molar-refractivity contribution in [1.82, 2.24) is 19.8 Å². The summed E-state index contributed by atoms with van der Waals surface area (Å²) in [6.45, 7) is 3.05. The molecule has 2 aliphatic rings. The Kier molecular flexibility index (Phi) is 4.58. The molecule has 3 rings (SSSR count). The van der Waals surface area contributed by atoms with Gasteiger partial charge >= 0.3 is 0 Å². The largest absolute Gasteiger partial charge is 0.355 e. The molecule has 2 atom stereocenters. The zero-order chi connectivity index (χ0) is 14.7. The number of nitrogens with zero attached hydrogens (tertiary/aromatic N) is 3. The van der Waals surface area contributed by atoms with E-state index in [4.69, 9.17) is 0 Å². The van der Waals surface area contributed by atoms with Crippen molar-refractivity contribution in [3.05, 3.63) is 18.2 Å². The van der Waals surface area contributed by atoms with Gasteiger partial charge in [-0.2, -0.15) is 0 Å². The number of carbonyl (C=O) groups is 1. The third-order valence-corrected chi connectivity index (χ3v) is 4.99. The molecule has 0 saturated carbocycles. The number of aromatic nitrogens is 2. The van der Waals surface area contributed by atoms with Crippen molar-refractivity contribution >= 4 is 5.91 Å². The van der Waals surface area contributed by atoms with Crippen LogP contribution in [0.5, 0.6) is 0 Å². The van der Waals surface area contributed by atoms with Crippen LogP contribution in [0.25, 0.3) is 0 Å². The number of nitrogens with one attached hydrogen (secondary N) is 1. The van der Waals surface area contributed by atoms with Gasteiger partial charge in [0, 0.05) is 38.4 Å². The SMILES string of the molecule is Cn1ccnc1CCNC(=O)[C@@H]1CCCN2CCCC[C@H]12. The highest BCUT2D eigenvalue weighted by atomic mass is 16.1. The third kappa shape index (κ3) is 3.28. The Morgan fingerprint density at radius 2 is 2.19 bits per heavy atom. The van der Waals surface area contributed by atoms with Crippen LogP contribution in [-0.2, 0) is 18.3 Å². The molecule has 2 fully saturated rings. The van der Waals surface area contributed by atoms with E-state index in [0.29, 0.717) is 12.6 Å².